The summed E-state index contributed by atoms with van der Waals surface area (Å²) >= 11 is 6.69. The number of pyridine rings is 1. The molecule has 10 bridgehead atoms. The molecule has 7 aromatic heterocycles. The molecule has 1 fully saturated rings. The zero-order valence-electron chi connectivity index (χ0n) is 44.9. The van der Waals surface area contributed by atoms with Crippen molar-refractivity contribution in [3.8, 4) is 49.1 Å². The largest absolute Gasteiger partial charge is 0.506 e. The molecule has 25 nitrogen and oxygen atoms in total. The lowest BCUT2D eigenvalue weighted by molar-refractivity contribution is -0.134. The first kappa shape index (κ1) is 59.1. The number of hydrogen-bond donors (Lipinski definition) is 10. The van der Waals surface area contributed by atoms with Crippen LogP contribution in [-0.2, 0) is 20.8 Å². The number of nitrogens with two attached hydrogens (primary N) is 2. The van der Waals surface area contributed by atoms with Gasteiger partial charge in [-0.15, -0.1) is 68.0 Å². The molecule has 7 amide bonds. The number of primary amides is 2. The molecular formula is C55H48N14O11S6. The van der Waals surface area contributed by atoms with Crippen molar-refractivity contribution in [1.82, 2.24) is 55.7 Å². The molecule has 9 heterocycles. The maximum absolute atomic E-state index is 15.3. The van der Waals surface area contributed by atoms with E-state index < -0.39 is 96.7 Å². The number of aryl methyl sites for hydroxylation is 1. The lowest BCUT2D eigenvalue weighted by Crippen LogP contribution is -2.50. The number of carbonyl (C=O) groups is 7. The molecule has 11 rings (SSSR count). The van der Waals surface area contributed by atoms with E-state index in [0.29, 0.717) is 64.4 Å². The van der Waals surface area contributed by atoms with Crippen LogP contribution in [0.5, 0.6) is 5.75 Å². The van der Waals surface area contributed by atoms with Crippen LogP contribution in [0, 0.1) is 12.8 Å². The molecule has 2 aliphatic rings. The molecule has 9 aromatic rings. The van der Waals surface area contributed by atoms with Gasteiger partial charge in [-0.1, -0.05) is 43.3 Å². The van der Waals surface area contributed by atoms with Crippen LogP contribution in [0.3, 0.4) is 0 Å². The van der Waals surface area contributed by atoms with Crippen LogP contribution in [0.4, 0.5) is 5.69 Å². The van der Waals surface area contributed by atoms with Gasteiger partial charge in [0, 0.05) is 56.2 Å². The fourth-order valence-corrected chi connectivity index (χ4v) is 15.0. The summed E-state index contributed by atoms with van der Waals surface area (Å²) in [7, 11) is 0. The molecule has 12 N–H and O–H groups in total. The minimum absolute atomic E-state index is 0.0391. The van der Waals surface area contributed by atoms with Crippen LogP contribution in [0.25, 0.3) is 43.4 Å². The van der Waals surface area contributed by atoms with Gasteiger partial charge in [-0.25, -0.2) is 34.9 Å². The highest BCUT2D eigenvalue weighted by molar-refractivity contribution is 7.15. The van der Waals surface area contributed by atoms with Gasteiger partial charge in [0.2, 0.25) is 17.7 Å². The van der Waals surface area contributed by atoms with Gasteiger partial charge in [0.1, 0.15) is 100 Å². The quantitative estimate of drug-likeness (QED) is 0.0775. The maximum atomic E-state index is 15.3. The molecule has 0 radical (unpaired) electrons. The molecule has 86 heavy (non-hydrogen) atoms. The third kappa shape index (κ3) is 12.3. The molecule has 0 aliphatic carbocycles. The Labute approximate surface area is 511 Å². The third-order valence-corrected chi connectivity index (χ3v) is 19.5. The van der Waals surface area contributed by atoms with E-state index in [2.05, 4.69) is 36.2 Å². The van der Waals surface area contributed by atoms with E-state index in [9.17, 15) is 49.2 Å². The third-order valence-electron chi connectivity index (χ3n) is 14.0. The molecule has 2 aliphatic heterocycles. The molecule has 2 aromatic carbocycles. The fraction of sp³-hybridized carbons (Fsp3) is 0.236. The Kier molecular flexibility index (Phi) is 17.0. The molecule has 7 atom stereocenters. The molecule has 0 unspecified atom stereocenters. The number of phenolic OH excluding ortho intramolecular Hbond substituents is 1. The van der Waals surface area contributed by atoms with Crippen molar-refractivity contribution in [2.45, 2.75) is 63.1 Å². The van der Waals surface area contributed by atoms with Crippen LogP contribution in [0.1, 0.15) is 111 Å². The van der Waals surface area contributed by atoms with Crippen molar-refractivity contribution < 1.29 is 54.0 Å². The second kappa shape index (κ2) is 24.7. The van der Waals surface area contributed by atoms with E-state index in [1.54, 1.807) is 67.1 Å². The van der Waals surface area contributed by atoms with E-state index in [4.69, 9.17) is 31.4 Å². The molecule has 0 saturated carbocycles. The number of thiazole rings is 6. The number of amides is 7. The Morgan fingerprint density at radius 3 is 2.12 bits per heavy atom. The van der Waals surface area contributed by atoms with E-state index in [1.165, 1.54) is 61.9 Å². The van der Waals surface area contributed by atoms with Gasteiger partial charge in [-0.05, 0) is 42.3 Å². The first-order chi connectivity index (χ1) is 41.3. The van der Waals surface area contributed by atoms with Crippen molar-refractivity contribution in [3.05, 3.63) is 141 Å². The smallest absolute Gasteiger partial charge is 0.271 e. The minimum Gasteiger partial charge on any atom is -0.506 e. The van der Waals surface area contributed by atoms with Gasteiger partial charge in [-0.2, -0.15) is 0 Å². The number of rotatable bonds is 10. The van der Waals surface area contributed by atoms with Gasteiger partial charge in [0.05, 0.1) is 36.0 Å². The molecule has 31 heteroatoms. The number of anilines is 1. The number of aliphatic hydroxyl groups is 3. The van der Waals surface area contributed by atoms with Crippen LogP contribution >= 0.6 is 68.0 Å². The highest BCUT2D eigenvalue weighted by Gasteiger charge is 2.45. The summed E-state index contributed by atoms with van der Waals surface area (Å²) in [5.74, 6) is -6.23. The first-order valence-electron chi connectivity index (χ1n) is 26.0. The average Bonchev–Trinajstić information content (AvgIpc) is 3.38. The van der Waals surface area contributed by atoms with Crippen LogP contribution in [0.15, 0.2) is 87.6 Å². The molecule has 0 spiro atoms. The fourth-order valence-electron chi connectivity index (χ4n) is 9.68. The van der Waals surface area contributed by atoms with Crippen molar-refractivity contribution in [1.29, 1.82) is 0 Å². The van der Waals surface area contributed by atoms with Crippen molar-refractivity contribution in [2.75, 3.05) is 18.5 Å². The predicted molar refractivity (Wildman–Crippen MR) is 320 cm³/mol. The van der Waals surface area contributed by atoms with Gasteiger partial charge < -0.3 is 58.1 Å². The number of aromatic nitrogens is 7. The zero-order valence-corrected chi connectivity index (χ0v) is 49.8. The number of nitrogens with one attached hydrogen (secondary N) is 4. The average molecular weight is 1270 g/mol. The monoisotopic (exact) mass is 1270 g/mol. The second-order valence-corrected chi connectivity index (χ2v) is 25.4. The van der Waals surface area contributed by atoms with Crippen LogP contribution in [-0.4, -0.2) is 127 Å². The van der Waals surface area contributed by atoms with Crippen molar-refractivity contribution >= 4 is 115 Å². The summed E-state index contributed by atoms with van der Waals surface area (Å²) in [5, 5.41) is 64.3. The number of carbonyl (C=O) groups excluding carboxylic acids is 7. The number of hydrogen-bond acceptors (Lipinski definition) is 24. The van der Waals surface area contributed by atoms with E-state index >= 15 is 4.79 Å². The second-order valence-electron chi connectivity index (χ2n) is 19.8. The Balaban J connectivity index is 1.02. The number of benzene rings is 2. The van der Waals surface area contributed by atoms with Gasteiger partial charge in [0.15, 0.2) is 0 Å². The maximum Gasteiger partial charge on any atom is 0.271 e. The minimum atomic E-state index is -1.46. The van der Waals surface area contributed by atoms with Crippen LogP contribution < -0.4 is 32.7 Å². The first-order valence-corrected chi connectivity index (χ1v) is 31.2. The topological polar surface area (TPSA) is 394 Å². The summed E-state index contributed by atoms with van der Waals surface area (Å²) in [4.78, 5) is 131. The lowest BCUT2D eigenvalue weighted by Gasteiger charge is -2.29. The number of aromatic hydroxyl groups is 1. The summed E-state index contributed by atoms with van der Waals surface area (Å²) in [6, 6.07) is 11.2. The van der Waals surface area contributed by atoms with Crippen molar-refractivity contribution in [3.63, 3.8) is 0 Å². The predicted octanol–water partition coefficient (Wildman–Crippen LogP) is 5.32. The Morgan fingerprint density at radius 2 is 1.37 bits per heavy atom. The van der Waals surface area contributed by atoms with Crippen LogP contribution in [0.2, 0.25) is 0 Å². The highest BCUT2D eigenvalue weighted by Crippen LogP contribution is 2.43. The summed E-state index contributed by atoms with van der Waals surface area (Å²) in [6.45, 7) is 2.32. The van der Waals surface area contributed by atoms with E-state index in [0.717, 1.165) is 45.3 Å². The zero-order chi connectivity index (χ0) is 60.7. The standard InChI is InChI=1S/C55H48N14O11S6/c1-22-37(72)15-69-43(22)54-66-35(21-85-54)51-62-31(17-82-51)41-26(9-10-27(59-41)50-63-32(18-83-50)45(57)76)49-64-33(19-81-49)46(77)60-29(14-38(56)73)52-68-40(23(2)86-52)48(79)67-42(44(75)25-6-4-3-5-7-25)53-65-34(20-84-53)47(78)61-30(55(69)80)13-24-8-11-36(71)28(12-24)58-39(74)16-70/h3-12,17-22,29-30,37,42-44,70-72,75H,13-16H2,1-2H3,(H2,56,73)(H2,57,76)(H,58,74)(H,60,77)(H,61,78)(H,67,79)/t22-,29-,30-,37-,42-,43-,44+/m0/s1. The summed E-state index contributed by atoms with van der Waals surface area (Å²) in [6.07, 6.45) is -3.16. The Hall–Kier alpha value is -8.66. The van der Waals surface area contributed by atoms with Gasteiger partial charge in [-0.3, -0.25) is 33.6 Å². The number of phenols is 1. The van der Waals surface area contributed by atoms with Gasteiger partial charge >= 0.3 is 0 Å². The molecule has 1 saturated heterocycles. The Bertz CT molecular complexity index is 4120. The molecular weight excluding hydrogens is 1230 g/mol. The summed E-state index contributed by atoms with van der Waals surface area (Å²) < 4.78 is 0. The summed E-state index contributed by atoms with van der Waals surface area (Å²) in [5.41, 5.74) is 13.6. The number of aliphatic hydroxyl groups excluding tert-OH is 3. The highest BCUT2D eigenvalue weighted by atomic mass is 32.1. The Morgan fingerprint density at radius 1 is 0.709 bits per heavy atom. The van der Waals surface area contributed by atoms with Gasteiger partial charge in [0.25, 0.3) is 23.6 Å². The van der Waals surface area contributed by atoms with E-state index in [-0.39, 0.29) is 57.2 Å². The van der Waals surface area contributed by atoms with Crippen molar-refractivity contribution in [2.24, 2.45) is 17.4 Å². The van der Waals surface area contributed by atoms with E-state index in [1.807, 2.05) is 0 Å². The SMILES string of the molecule is Cc1sc2nc1C(=O)N[C@@H]([C@H](O)c1ccccc1)c1nc(cs1)C(=O)N[C@@H](Cc1ccc(O)c(NC(=O)CO)c1)C(=O)N1C[C@H](O)[C@H](C)[C@H]1c1nc(cs1)-c1nc(cs1)-c1nc(-c3nc(C(N)=O)cs3)ccc1-c1nc(cs1)C(=O)N[C@H]2CC(N)=O. The normalized spacial score (nSPS) is 19.4. The molecule has 440 valence electrons. The number of nitrogens with zero attached hydrogens (tertiary/aromatic N) is 8. The lowest BCUT2D eigenvalue weighted by atomic mass is 10.00. The number of fused-ring (bicyclic) bond motifs is 16.